The molecule has 0 aliphatic carbocycles. The molecular weight excluding hydrogens is 270 g/mol. The number of nitrogens with one attached hydrogen (secondary N) is 1. The lowest BCUT2D eigenvalue weighted by Crippen LogP contribution is -2.56. The zero-order valence-electron chi connectivity index (χ0n) is 12.4. The largest absolute Gasteiger partial charge is 0.464 e. The zero-order chi connectivity index (χ0) is 14.6. The maximum atomic E-state index is 12.5. The van der Waals surface area contributed by atoms with E-state index in [4.69, 9.17) is 4.74 Å². The molecule has 0 radical (unpaired) electrons. The molecule has 2 atom stereocenters. The van der Waals surface area contributed by atoms with Crippen LogP contribution < -0.4 is 5.32 Å². The number of ether oxygens (including phenoxy) is 1. The molecule has 1 aromatic rings. The van der Waals surface area contributed by atoms with E-state index in [0.717, 1.165) is 24.3 Å². The van der Waals surface area contributed by atoms with Crippen molar-refractivity contribution in [3.05, 3.63) is 29.8 Å². The van der Waals surface area contributed by atoms with Crippen molar-refractivity contribution in [1.29, 1.82) is 0 Å². The molecule has 3 nitrogen and oxygen atoms in total. The van der Waals surface area contributed by atoms with Crippen molar-refractivity contribution in [3.63, 3.8) is 0 Å². The summed E-state index contributed by atoms with van der Waals surface area (Å²) in [4.78, 5) is 12.5. The molecule has 1 N–H and O–H groups in total. The fraction of sp³-hybridized carbons (Fsp3) is 0.562. The predicted molar refractivity (Wildman–Crippen MR) is 85.3 cm³/mol. The van der Waals surface area contributed by atoms with Crippen molar-refractivity contribution >= 4 is 23.4 Å². The SMILES string of the molecule is CCOC(=O)C1(Nc2ccc(C)cc2)CCCSC1C. The third-order valence-electron chi connectivity index (χ3n) is 3.84. The van der Waals surface area contributed by atoms with Gasteiger partial charge in [0.05, 0.1) is 6.61 Å². The van der Waals surface area contributed by atoms with Gasteiger partial charge in [-0.1, -0.05) is 24.6 Å². The van der Waals surface area contributed by atoms with Crippen molar-refractivity contribution in [3.8, 4) is 0 Å². The summed E-state index contributed by atoms with van der Waals surface area (Å²) in [5, 5.41) is 3.67. The number of hydrogen-bond donors (Lipinski definition) is 1. The molecule has 1 saturated heterocycles. The monoisotopic (exact) mass is 293 g/mol. The Hall–Kier alpha value is -1.16. The summed E-state index contributed by atoms with van der Waals surface area (Å²) in [6.45, 7) is 6.46. The minimum Gasteiger partial charge on any atom is -0.464 e. The van der Waals surface area contributed by atoms with Gasteiger partial charge in [0.15, 0.2) is 0 Å². The molecule has 1 heterocycles. The van der Waals surface area contributed by atoms with Crippen LogP contribution in [0.4, 0.5) is 5.69 Å². The van der Waals surface area contributed by atoms with Crippen LogP contribution in [0.3, 0.4) is 0 Å². The van der Waals surface area contributed by atoms with E-state index >= 15 is 0 Å². The van der Waals surface area contributed by atoms with E-state index in [1.165, 1.54) is 5.56 Å². The molecule has 0 bridgehead atoms. The van der Waals surface area contributed by atoms with Gasteiger partial charge in [-0.3, -0.25) is 0 Å². The molecule has 4 heteroatoms. The van der Waals surface area contributed by atoms with Gasteiger partial charge in [0.1, 0.15) is 5.54 Å². The number of hydrogen-bond acceptors (Lipinski definition) is 4. The lowest BCUT2D eigenvalue weighted by atomic mass is 9.89. The van der Waals surface area contributed by atoms with E-state index in [1.807, 2.05) is 30.8 Å². The van der Waals surface area contributed by atoms with Crippen LogP contribution in [0.25, 0.3) is 0 Å². The van der Waals surface area contributed by atoms with Crippen molar-refractivity contribution < 1.29 is 9.53 Å². The second-order valence-corrected chi connectivity index (χ2v) is 6.75. The summed E-state index contributed by atoms with van der Waals surface area (Å²) in [6.07, 6.45) is 1.86. The molecule has 110 valence electrons. The Morgan fingerprint density at radius 3 is 2.75 bits per heavy atom. The fourth-order valence-corrected chi connectivity index (χ4v) is 3.82. The van der Waals surface area contributed by atoms with Gasteiger partial charge in [0, 0.05) is 10.9 Å². The van der Waals surface area contributed by atoms with Crippen molar-refractivity contribution in [2.75, 3.05) is 17.7 Å². The van der Waals surface area contributed by atoms with Gasteiger partial charge in [0.25, 0.3) is 0 Å². The average molecular weight is 293 g/mol. The first kappa shape index (κ1) is 15.2. The number of aryl methyl sites for hydroxylation is 1. The van der Waals surface area contributed by atoms with Crippen LogP contribution in [0.15, 0.2) is 24.3 Å². The molecule has 1 aliphatic rings. The van der Waals surface area contributed by atoms with Gasteiger partial charge in [-0.15, -0.1) is 0 Å². The molecule has 1 aliphatic heterocycles. The van der Waals surface area contributed by atoms with E-state index in [0.29, 0.717) is 6.61 Å². The van der Waals surface area contributed by atoms with E-state index in [2.05, 4.69) is 31.3 Å². The summed E-state index contributed by atoms with van der Waals surface area (Å²) in [7, 11) is 0. The van der Waals surface area contributed by atoms with Crippen LogP contribution in [0.5, 0.6) is 0 Å². The molecule has 0 spiro atoms. The third-order valence-corrected chi connectivity index (χ3v) is 5.26. The van der Waals surface area contributed by atoms with Crippen LogP contribution in [0.1, 0.15) is 32.3 Å². The summed E-state index contributed by atoms with van der Waals surface area (Å²) >= 11 is 1.84. The first-order valence-corrected chi connectivity index (χ1v) is 8.27. The van der Waals surface area contributed by atoms with Crippen molar-refractivity contribution in [1.82, 2.24) is 0 Å². The Morgan fingerprint density at radius 2 is 2.15 bits per heavy atom. The molecule has 2 rings (SSSR count). The van der Waals surface area contributed by atoms with E-state index in [-0.39, 0.29) is 11.2 Å². The predicted octanol–water partition coefficient (Wildman–Crippen LogP) is 3.62. The molecule has 1 fully saturated rings. The van der Waals surface area contributed by atoms with Crippen LogP contribution in [-0.4, -0.2) is 29.1 Å². The maximum absolute atomic E-state index is 12.5. The molecule has 20 heavy (non-hydrogen) atoms. The highest BCUT2D eigenvalue weighted by atomic mass is 32.2. The lowest BCUT2D eigenvalue weighted by Gasteiger charge is -2.41. The highest BCUT2D eigenvalue weighted by Gasteiger charge is 2.46. The standard InChI is InChI=1S/C16H23NO2S/c1-4-19-15(18)16(10-5-11-20-13(16)3)17-14-8-6-12(2)7-9-14/h6-9,13,17H,4-5,10-11H2,1-3H3. The number of rotatable bonds is 4. The number of thioether (sulfide) groups is 1. The Morgan fingerprint density at radius 1 is 1.45 bits per heavy atom. The minimum atomic E-state index is -0.603. The second-order valence-electron chi connectivity index (χ2n) is 5.30. The van der Waals surface area contributed by atoms with Crippen molar-refractivity contribution in [2.45, 2.75) is 44.4 Å². The highest BCUT2D eigenvalue weighted by Crippen LogP contribution is 2.37. The molecule has 1 aromatic carbocycles. The third kappa shape index (κ3) is 3.11. The summed E-state index contributed by atoms with van der Waals surface area (Å²) in [5.41, 5.74) is 1.60. The zero-order valence-corrected chi connectivity index (χ0v) is 13.3. The van der Waals surface area contributed by atoms with Crippen LogP contribution in [0, 0.1) is 6.92 Å². The second kappa shape index (κ2) is 6.53. The molecule has 2 unspecified atom stereocenters. The van der Waals surface area contributed by atoms with Gasteiger partial charge in [0.2, 0.25) is 0 Å². The number of benzene rings is 1. The molecule has 0 aromatic heterocycles. The maximum Gasteiger partial charge on any atom is 0.332 e. The Kier molecular flexibility index (Phi) is 4.97. The minimum absolute atomic E-state index is 0.125. The van der Waals surface area contributed by atoms with Gasteiger partial charge in [-0.05, 0) is 44.6 Å². The van der Waals surface area contributed by atoms with Crippen LogP contribution in [0.2, 0.25) is 0 Å². The van der Waals surface area contributed by atoms with E-state index < -0.39 is 5.54 Å². The molecule has 0 amide bonds. The Balaban J connectivity index is 2.26. The Bertz CT molecular complexity index is 460. The van der Waals surface area contributed by atoms with Crippen molar-refractivity contribution in [2.24, 2.45) is 0 Å². The summed E-state index contributed by atoms with van der Waals surface area (Å²) < 4.78 is 5.34. The van der Waals surface area contributed by atoms with Crippen LogP contribution in [-0.2, 0) is 9.53 Å². The van der Waals surface area contributed by atoms with Gasteiger partial charge >= 0.3 is 5.97 Å². The topological polar surface area (TPSA) is 38.3 Å². The van der Waals surface area contributed by atoms with E-state index in [9.17, 15) is 4.79 Å². The normalized spacial score (nSPS) is 26.1. The first-order chi connectivity index (χ1) is 9.58. The van der Waals surface area contributed by atoms with Gasteiger partial charge in [-0.25, -0.2) is 4.79 Å². The molecular formula is C16H23NO2S. The average Bonchev–Trinajstić information content (AvgIpc) is 2.44. The number of esters is 1. The smallest absolute Gasteiger partial charge is 0.332 e. The van der Waals surface area contributed by atoms with Gasteiger partial charge < -0.3 is 10.1 Å². The first-order valence-electron chi connectivity index (χ1n) is 7.22. The molecule has 0 saturated carbocycles. The number of anilines is 1. The van der Waals surface area contributed by atoms with Gasteiger partial charge in [-0.2, -0.15) is 11.8 Å². The Labute approximate surface area is 125 Å². The summed E-state index contributed by atoms with van der Waals surface area (Å²) in [5.74, 6) is 0.984. The summed E-state index contributed by atoms with van der Waals surface area (Å²) in [6, 6.07) is 8.17. The van der Waals surface area contributed by atoms with Crippen LogP contribution >= 0.6 is 11.8 Å². The quantitative estimate of drug-likeness (QED) is 0.860. The fourth-order valence-electron chi connectivity index (χ4n) is 2.59. The number of carbonyl (C=O) groups excluding carboxylic acids is 1. The van der Waals surface area contributed by atoms with E-state index in [1.54, 1.807) is 0 Å². The number of carbonyl (C=O) groups is 1. The highest BCUT2D eigenvalue weighted by molar-refractivity contribution is 8.00. The lowest BCUT2D eigenvalue weighted by molar-refractivity contribution is -0.148.